The summed E-state index contributed by atoms with van der Waals surface area (Å²) in [6, 6.07) is 0. The van der Waals surface area contributed by atoms with E-state index in [2.05, 4.69) is 0 Å². The predicted octanol–water partition coefficient (Wildman–Crippen LogP) is 3.26. The molecule has 1 rings (SSSR count). The van der Waals surface area contributed by atoms with Gasteiger partial charge in [0.1, 0.15) is 5.92 Å². The van der Waals surface area contributed by atoms with Gasteiger partial charge in [-0.3, -0.25) is 14.4 Å². The summed E-state index contributed by atoms with van der Waals surface area (Å²) < 4.78 is 0. The van der Waals surface area contributed by atoms with E-state index in [0.29, 0.717) is 19.3 Å². The van der Waals surface area contributed by atoms with Gasteiger partial charge in [-0.1, -0.05) is 45.8 Å². The van der Waals surface area contributed by atoms with Crippen LogP contribution in [0.25, 0.3) is 0 Å². The largest absolute Gasteiger partial charge is 0.389 e. The Morgan fingerprint density at radius 3 is 2.15 bits per heavy atom. The van der Waals surface area contributed by atoms with Gasteiger partial charge in [0.25, 0.3) is 0 Å². The van der Waals surface area contributed by atoms with Crippen molar-refractivity contribution in [3.8, 4) is 0 Å². The van der Waals surface area contributed by atoms with Crippen molar-refractivity contribution in [2.45, 2.75) is 85.4 Å². The Balaban J connectivity index is 3.18. The molecule has 0 aliphatic heterocycles. The average Bonchev–Trinajstić information content (AvgIpc) is 2.75. The molecule has 0 amide bonds. The number of Topliss-reactive ketones (excluding diaryl/α,β-unsaturated/α-hetero) is 3. The van der Waals surface area contributed by atoms with Gasteiger partial charge in [-0.2, -0.15) is 0 Å². The molecule has 27 heavy (non-hydrogen) atoms. The maximum Gasteiger partial charge on any atom is 0.185 e. The average molecular weight is 381 g/mol. The fourth-order valence-corrected chi connectivity index (χ4v) is 3.62. The van der Waals surface area contributed by atoms with Crippen molar-refractivity contribution in [1.82, 2.24) is 0 Å². The van der Waals surface area contributed by atoms with Gasteiger partial charge < -0.3 is 10.2 Å². The molecule has 0 aromatic rings. The molecule has 4 atom stereocenters. The first kappa shape index (κ1) is 23.7. The number of rotatable bonds is 10. The Hall–Kier alpha value is -1.33. The molecule has 3 unspecified atom stereocenters. The van der Waals surface area contributed by atoms with E-state index >= 15 is 0 Å². The molecule has 5 heteroatoms. The third-order valence-electron chi connectivity index (χ3n) is 5.40. The molecule has 0 saturated heterocycles. The normalized spacial score (nSPS) is 26.7. The molecule has 0 aromatic heterocycles. The van der Waals surface area contributed by atoms with Crippen LogP contribution in [0.15, 0.2) is 11.6 Å². The zero-order valence-electron chi connectivity index (χ0n) is 17.6. The third kappa shape index (κ3) is 5.58. The summed E-state index contributed by atoms with van der Waals surface area (Å²) in [6.45, 7) is 11.6. The molecule has 1 aliphatic carbocycles. The minimum Gasteiger partial charge on any atom is -0.389 e. The smallest absolute Gasteiger partial charge is 0.185 e. The molecule has 1 aliphatic rings. The fraction of sp³-hybridized carbons (Fsp3) is 0.773. The minimum atomic E-state index is -2.18. The van der Waals surface area contributed by atoms with Crippen LogP contribution in [0, 0.1) is 23.7 Å². The summed E-state index contributed by atoms with van der Waals surface area (Å²) in [5, 5.41) is 21.8. The van der Waals surface area contributed by atoms with Crippen molar-refractivity contribution >= 4 is 17.3 Å². The van der Waals surface area contributed by atoms with Gasteiger partial charge in [-0.05, 0) is 44.9 Å². The number of hydrogen-bond donors (Lipinski definition) is 2. The van der Waals surface area contributed by atoms with E-state index in [-0.39, 0.29) is 24.7 Å². The Morgan fingerprint density at radius 1 is 1.11 bits per heavy atom. The number of carbonyl (C=O) groups is 3. The Kier molecular flexibility index (Phi) is 8.55. The van der Waals surface area contributed by atoms with Crippen molar-refractivity contribution in [2.24, 2.45) is 23.7 Å². The Labute approximate surface area is 163 Å². The van der Waals surface area contributed by atoms with Gasteiger partial charge in [0, 0.05) is 6.42 Å². The summed E-state index contributed by atoms with van der Waals surface area (Å²) in [5.74, 6) is -3.67. The summed E-state index contributed by atoms with van der Waals surface area (Å²) in [6.07, 6.45) is 2.05. The third-order valence-corrected chi connectivity index (χ3v) is 5.40. The Bertz CT molecular complexity index is 586. The van der Waals surface area contributed by atoms with Crippen LogP contribution in [0.5, 0.6) is 0 Å². The Morgan fingerprint density at radius 2 is 1.67 bits per heavy atom. The van der Waals surface area contributed by atoms with E-state index in [1.54, 1.807) is 6.08 Å². The fourth-order valence-electron chi connectivity index (χ4n) is 3.62. The second kappa shape index (κ2) is 9.74. The number of carbonyl (C=O) groups excluding carboxylic acids is 3. The van der Waals surface area contributed by atoms with Crippen molar-refractivity contribution in [3.05, 3.63) is 11.6 Å². The van der Waals surface area contributed by atoms with Crippen LogP contribution in [0.4, 0.5) is 0 Å². The highest BCUT2D eigenvalue weighted by atomic mass is 16.4. The molecule has 2 N–H and O–H groups in total. The van der Waals surface area contributed by atoms with E-state index in [4.69, 9.17) is 0 Å². The second-order valence-corrected chi connectivity index (χ2v) is 8.98. The zero-order valence-corrected chi connectivity index (χ0v) is 17.6. The van der Waals surface area contributed by atoms with Crippen LogP contribution in [-0.2, 0) is 14.4 Å². The molecule has 0 radical (unpaired) electrons. The highest BCUT2D eigenvalue weighted by Crippen LogP contribution is 2.41. The number of aliphatic hydroxyl groups is 2. The van der Waals surface area contributed by atoms with Gasteiger partial charge in [-0.15, -0.1) is 0 Å². The van der Waals surface area contributed by atoms with Crippen LogP contribution < -0.4 is 0 Å². The van der Waals surface area contributed by atoms with Crippen LogP contribution >= 0.6 is 0 Å². The summed E-state index contributed by atoms with van der Waals surface area (Å²) in [5.41, 5.74) is -1.24. The quantitative estimate of drug-likeness (QED) is 0.448. The lowest BCUT2D eigenvalue weighted by Crippen LogP contribution is -2.52. The van der Waals surface area contributed by atoms with Crippen LogP contribution in [-0.4, -0.2) is 39.3 Å². The number of allylic oxidation sites excluding steroid dienone is 1. The van der Waals surface area contributed by atoms with Gasteiger partial charge in [-0.25, -0.2) is 0 Å². The maximum absolute atomic E-state index is 13.0. The van der Waals surface area contributed by atoms with E-state index in [1.807, 2.05) is 41.5 Å². The molecule has 0 bridgehead atoms. The summed E-state index contributed by atoms with van der Waals surface area (Å²) in [7, 11) is 0. The van der Waals surface area contributed by atoms with Crippen LogP contribution in [0.3, 0.4) is 0 Å². The topological polar surface area (TPSA) is 91.7 Å². The van der Waals surface area contributed by atoms with E-state index < -0.39 is 40.9 Å². The number of ketones is 3. The van der Waals surface area contributed by atoms with Gasteiger partial charge in [0.15, 0.2) is 23.0 Å². The molecular formula is C22H36O5. The molecule has 0 spiro atoms. The highest BCUT2D eigenvalue weighted by molar-refractivity contribution is 6.27. The molecule has 5 nitrogen and oxygen atoms in total. The monoisotopic (exact) mass is 380 g/mol. The first-order valence-corrected chi connectivity index (χ1v) is 10.1. The van der Waals surface area contributed by atoms with Gasteiger partial charge in [0.05, 0.1) is 12.0 Å². The molecule has 154 valence electrons. The molecule has 1 saturated carbocycles. The van der Waals surface area contributed by atoms with Crippen molar-refractivity contribution < 1.29 is 24.6 Å². The minimum absolute atomic E-state index is 0.0724. The maximum atomic E-state index is 13.0. The van der Waals surface area contributed by atoms with E-state index in [1.165, 1.54) is 0 Å². The van der Waals surface area contributed by atoms with Gasteiger partial charge in [0.2, 0.25) is 0 Å². The second-order valence-electron chi connectivity index (χ2n) is 8.98. The molecular weight excluding hydrogens is 344 g/mol. The van der Waals surface area contributed by atoms with Crippen LogP contribution in [0.1, 0.15) is 73.6 Å². The zero-order chi connectivity index (χ0) is 20.9. The summed E-state index contributed by atoms with van der Waals surface area (Å²) >= 11 is 0. The highest BCUT2D eigenvalue weighted by Gasteiger charge is 2.63. The lowest BCUT2D eigenvalue weighted by molar-refractivity contribution is -0.156. The van der Waals surface area contributed by atoms with E-state index in [9.17, 15) is 24.6 Å². The molecule has 1 fully saturated rings. The van der Waals surface area contributed by atoms with Crippen molar-refractivity contribution in [1.29, 1.82) is 0 Å². The summed E-state index contributed by atoms with van der Waals surface area (Å²) in [4.78, 5) is 38.5. The number of aliphatic hydroxyl groups excluding tert-OH is 1. The van der Waals surface area contributed by atoms with Crippen molar-refractivity contribution in [3.63, 3.8) is 0 Å². The molecule has 0 aromatic carbocycles. The predicted molar refractivity (Wildman–Crippen MR) is 105 cm³/mol. The van der Waals surface area contributed by atoms with Crippen LogP contribution in [0.2, 0.25) is 0 Å². The molecule has 0 heterocycles. The lowest BCUT2D eigenvalue weighted by Gasteiger charge is -2.32. The number of hydrogen-bond acceptors (Lipinski definition) is 5. The standard InChI is InChI=1S/C22H36O5/c1-13(2)7-10-16-20(25)19(17(23)11-8-14(3)4)21(26)22(16,27)18(24)12-9-15(5)6/h9,13-14,16,18-19,24,27H,7-8,10-12H2,1-6H3/t16-,18?,19?,22?/m1/s1. The first-order chi connectivity index (χ1) is 12.4. The lowest BCUT2D eigenvalue weighted by atomic mass is 9.79. The first-order valence-electron chi connectivity index (χ1n) is 10.1. The SMILES string of the molecule is CC(C)=CCC(O)C1(O)C(=O)C(C(=O)CCC(C)C)C(=O)[C@H]1CCC(C)C. The van der Waals surface area contributed by atoms with Crippen molar-refractivity contribution in [2.75, 3.05) is 0 Å². The van der Waals surface area contributed by atoms with E-state index in [0.717, 1.165) is 5.57 Å². The van der Waals surface area contributed by atoms with Gasteiger partial charge >= 0.3 is 0 Å².